The van der Waals surface area contributed by atoms with Gasteiger partial charge in [0, 0.05) is 25.1 Å². The molecule has 0 fully saturated rings. The second-order valence-electron chi connectivity index (χ2n) is 4.52. The van der Waals surface area contributed by atoms with Crippen molar-refractivity contribution in [1.82, 2.24) is 19.9 Å². The molecule has 96 valence electrons. The summed E-state index contributed by atoms with van der Waals surface area (Å²) in [6.07, 6.45) is 8.87. The molecule has 4 heteroatoms. The van der Waals surface area contributed by atoms with E-state index in [1.807, 2.05) is 24.8 Å². The van der Waals surface area contributed by atoms with Crippen LogP contribution in [0.4, 0.5) is 0 Å². The zero-order valence-electron chi connectivity index (χ0n) is 11.1. The number of nitrogens with one attached hydrogen (secondary N) is 1. The fraction of sp³-hybridized carbons (Fsp3) is 0.429. The van der Waals surface area contributed by atoms with Gasteiger partial charge in [-0.05, 0) is 37.1 Å². The van der Waals surface area contributed by atoms with Crippen molar-refractivity contribution in [2.24, 2.45) is 0 Å². The Balaban J connectivity index is 1.96. The monoisotopic (exact) mass is 244 g/mol. The van der Waals surface area contributed by atoms with Gasteiger partial charge in [-0.25, -0.2) is 4.98 Å². The van der Waals surface area contributed by atoms with Gasteiger partial charge in [0.15, 0.2) is 0 Å². The molecule has 4 nitrogen and oxygen atoms in total. The highest BCUT2D eigenvalue weighted by Gasteiger charge is 2.01. The smallest absolute Gasteiger partial charge is 0.0953 e. The standard InChI is InChI=1S/C14H20N4/c1-3-5-15-8-14-10-18(11-17-14)9-13-7-16-6-4-12(13)2/h4,6-7,10-11,15H,3,5,8-9H2,1-2H3. The lowest BCUT2D eigenvalue weighted by Crippen LogP contribution is -2.13. The van der Waals surface area contributed by atoms with Crippen LogP contribution >= 0.6 is 0 Å². The van der Waals surface area contributed by atoms with E-state index in [-0.39, 0.29) is 0 Å². The molecular formula is C14H20N4. The van der Waals surface area contributed by atoms with Crippen molar-refractivity contribution in [3.05, 3.63) is 47.8 Å². The van der Waals surface area contributed by atoms with Gasteiger partial charge >= 0.3 is 0 Å². The van der Waals surface area contributed by atoms with Crippen LogP contribution in [0.3, 0.4) is 0 Å². The predicted molar refractivity (Wildman–Crippen MR) is 72.3 cm³/mol. The second kappa shape index (κ2) is 6.31. The normalized spacial score (nSPS) is 10.8. The number of hydrogen-bond acceptors (Lipinski definition) is 3. The van der Waals surface area contributed by atoms with Crippen LogP contribution in [-0.2, 0) is 13.1 Å². The zero-order chi connectivity index (χ0) is 12.8. The molecule has 0 atom stereocenters. The lowest BCUT2D eigenvalue weighted by atomic mass is 10.1. The molecule has 0 unspecified atom stereocenters. The summed E-state index contributed by atoms with van der Waals surface area (Å²) < 4.78 is 2.10. The molecule has 0 aromatic carbocycles. The summed E-state index contributed by atoms with van der Waals surface area (Å²) >= 11 is 0. The van der Waals surface area contributed by atoms with E-state index < -0.39 is 0 Å². The number of imidazole rings is 1. The van der Waals surface area contributed by atoms with Crippen molar-refractivity contribution in [2.45, 2.75) is 33.4 Å². The third-order valence-electron chi connectivity index (χ3n) is 2.92. The topological polar surface area (TPSA) is 42.7 Å². The van der Waals surface area contributed by atoms with Crippen molar-refractivity contribution in [3.8, 4) is 0 Å². The quantitative estimate of drug-likeness (QED) is 0.792. The van der Waals surface area contributed by atoms with Crippen molar-refractivity contribution >= 4 is 0 Å². The summed E-state index contributed by atoms with van der Waals surface area (Å²) in [6.45, 7) is 6.98. The molecule has 2 aromatic rings. The molecule has 0 aliphatic carbocycles. The number of aromatic nitrogens is 3. The Morgan fingerprint density at radius 3 is 3.06 bits per heavy atom. The maximum atomic E-state index is 4.39. The van der Waals surface area contributed by atoms with Gasteiger partial charge in [0.05, 0.1) is 18.6 Å². The molecule has 0 saturated carbocycles. The molecule has 0 aliphatic heterocycles. The minimum atomic E-state index is 0.834. The molecule has 0 radical (unpaired) electrons. The predicted octanol–water partition coefficient (Wildman–Crippen LogP) is 2.13. The molecule has 0 amide bonds. The van der Waals surface area contributed by atoms with E-state index in [2.05, 4.69) is 39.9 Å². The third-order valence-corrected chi connectivity index (χ3v) is 2.92. The molecule has 0 spiro atoms. The third kappa shape index (κ3) is 3.40. The minimum Gasteiger partial charge on any atom is -0.333 e. The molecule has 0 aliphatic rings. The lowest BCUT2D eigenvalue weighted by molar-refractivity contribution is 0.665. The summed E-state index contributed by atoms with van der Waals surface area (Å²) in [5.74, 6) is 0. The van der Waals surface area contributed by atoms with Gasteiger partial charge in [-0.1, -0.05) is 6.92 Å². The second-order valence-corrected chi connectivity index (χ2v) is 4.52. The summed E-state index contributed by atoms with van der Waals surface area (Å²) in [5.41, 5.74) is 3.59. The number of pyridine rings is 1. The highest BCUT2D eigenvalue weighted by atomic mass is 15.0. The van der Waals surface area contributed by atoms with Crippen LogP contribution in [0.15, 0.2) is 31.0 Å². The van der Waals surface area contributed by atoms with Crippen LogP contribution in [0.25, 0.3) is 0 Å². The minimum absolute atomic E-state index is 0.834. The molecule has 18 heavy (non-hydrogen) atoms. The van der Waals surface area contributed by atoms with E-state index in [1.54, 1.807) is 0 Å². The van der Waals surface area contributed by atoms with Crippen LogP contribution in [0.5, 0.6) is 0 Å². The van der Waals surface area contributed by atoms with Gasteiger partial charge in [0.25, 0.3) is 0 Å². The number of rotatable bonds is 6. The average molecular weight is 244 g/mol. The number of hydrogen-bond donors (Lipinski definition) is 1. The van der Waals surface area contributed by atoms with Gasteiger partial charge < -0.3 is 9.88 Å². The molecule has 2 rings (SSSR count). The summed E-state index contributed by atoms with van der Waals surface area (Å²) in [5, 5.41) is 3.35. The van der Waals surface area contributed by atoms with E-state index in [0.29, 0.717) is 0 Å². The summed E-state index contributed by atoms with van der Waals surface area (Å²) in [7, 11) is 0. The van der Waals surface area contributed by atoms with E-state index in [0.717, 1.165) is 31.7 Å². The summed E-state index contributed by atoms with van der Waals surface area (Å²) in [4.78, 5) is 8.56. The SMILES string of the molecule is CCCNCc1cn(Cc2cnccc2C)cn1. The molecular weight excluding hydrogens is 224 g/mol. The Hall–Kier alpha value is -1.68. The largest absolute Gasteiger partial charge is 0.333 e. The molecule has 2 aromatic heterocycles. The first-order valence-electron chi connectivity index (χ1n) is 6.40. The van der Waals surface area contributed by atoms with Crippen LogP contribution < -0.4 is 5.32 Å². The van der Waals surface area contributed by atoms with E-state index >= 15 is 0 Å². The Morgan fingerprint density at radius 1 is 1.39 bits per heavy atom. The van der Waals surface area contributed by atoms with Gasteiger partial charge in [-0.3, -0.25) is 4.98 Å². The maximum absolute atomic E-state index is 4.39. The summed E-state index contributed by atoms with van der Waals surface area (Å²) in [6, 6.07) is 2.04. The first kappa shape index (κ1) is 12.8. The van der Waals surface area contributed by atoms with Crippen LogP contribution in [-0.4, -0.2) is 21.1 Å². The molecule has 2 heterocycles. The van der Waals surface area contributed by atoms with Crippen molar-refractivity contribution in [1.29, 1.82) is 0 Å². The van der Waals surface area contributed by atoms with Gasteiger partial charge in [0.1, 0.15) is 0 Å². The van der Waals surface area contributed by atoms with Gasteiger partial charge in [-0.15, -0.1) is 0 Å². The average Bonchev–Trinajstić information content (AvgIpc) is 2.80. The van der Waals surface area contributed by atoms with Crippen LogP contribution in [0.1, 0.15) is 30.2 Å². The van der Waals surface area contributed by atoms with E-state index in [1.165, 1.54) is 11.1 Å². The van der Waals surface area contributed by atoms with Crippen molar-refractivity contribution in [2.75, 3.05) is 6.54 Å². The number of aryl methyl sites for hydroxylation is 1. The number of nitrogens with zero attached hydrogens (tertiary/aromatic N) is 3. The van der Waals surface area contributed by atoms with E-state index in [4.69, 9.17) is 0 Å². The van der Waals surface area contributed by atoms with Crippen LogP contribution in [0, 0.1) is 6.92 Å². The fourth-order valence-corrected chi connectivity index (χ4v) is 1.84. The van der Waals surface area contributed by atoms with Gasteiger partial charge in [0.2, 0.25) is 0 Å². The van der Waals surface area contributed by atoms with E-state index in [9.17, 15) is 0 Å². The highest BCUT2D eigenvalue weighted by Crippen LogP contribution is 2.08. The lowest BCUT2D eigenvalue weighted by Gasteiger charge is -2.05. The molecule has 1 N–H and O–H groups in total. The van der Waals surface area contributed by atoms with Gasteiger partial charge in [-0.2, -0.15) is 0 Å². The van der Waals surface area contributed by atoms with Crippen molar-refractivity contribution in [3.63, 3.8) is 0 Å². The fourth-order valence-electron chi connectivity index (χ4n) is 1.84. The molecule has 0 saturated heterocycles. The first-order chi connectivity index (χ1) is 8.79. The Kier molecular flexibility index (Phi) is 4.47. The highest BCUT2D eigenvalue weighted by molar-refractivity contribution is 5.21. The van der Waals surface area contributed by atoms with Crippen LogP contribution in [0.2, 0.25) is 0 Å². The van der Waals surface area contributed by atoms with Crippen molar-refractivity contribution < 1.29 is 0 Å². The zero-order valence-corrected chi connectivity index (χ0v) is 11.1. The maximum Gasteiger partial charge on any atom is 0.0953 e. The Morgan fingerprint density at radius 2 is 2.28 bits per heavy atom. The first-order valence-corrected chi connectivity index (χ1v) is 6.40. The molecule has 0 bridgehead atoms. The Labute approximate surface area is 108 Å². The Bertz CT molecular complexity index is 490.